The summed E-state index contributed by atoms with van der Waals surface area (Å²) in [6.45, 7) is 8.99. The van der Waals surface area contributed by atoms with Gasteiger partial charge in [-0.05, 0) is 51.3 Å². The van der Waals surface area contributed by atoms with Gasteiger partial charge in [0, 0.05) is 5.92 Å². The van der Waals surface area contributed by atoms with E-state index in [4.69, 9.17) is 0 Å². The number of benzene rings is 3. The fourth-order valence-electron chi connectivity index (χ4n) is 3.94. The molecule has 0 heterocycles. The van der Waals surface area contributed by atoms with Crippen LogP contribution in [0.3, 0.4) is 0 Å². The van der Waals surface area contributed by atoms with E-state index in [0.29, 0.717) is 5.92 Å². The van der Waals surface area contributed by atoms with Crippen LogP contribution in [0.1, 0.15) is 54.5 Å². The molecule has 4 rings (SSSR count). The Morgan fingerprint density at radius 2 is 1.42 bits per heavy atom. The number of hydrogen-bond acceptors (Lipinski definition) is 0. The summed E-state index contributed by atoms with van der Waals surface area (Å²) in [5, 5.41) is 0. The number of allylic oxidation sites excluding steroid dienone is 1. The summed E-state index contributed by atoms with van der Waals surface area (Å²) < 4.78 is 0. The summed E-state index contributed by atoms with van der Waals surface area (Å²) in [6, 6.07) is 24.5. The second kappa shape index (κ2) is 6.29. The third kappa shape index (κ3) is 2.90. The Hall–Kier alpha value is -2.60. The Morgan fingerprint density at radius 1 is 0.731 bits per heavy atom. The van der Waals surface area contributed by atoms with E-state index < -0.39 is 0 Å². The molecule has 0 spiro atoms. The van der Waals surface area contributed by atoms with Crippen molar-refractivity contribution in [2.24, 2.45) is 0 Å². The molecule has 130 valence electrons. The number of hydrogen-bond donors (Lipinski definition) is 0. The van der Waals surface area contributed by atoms with E-state index in [2.05, 4.69) is 107 Å². The highest BCUT2D eigenvalue weighted by Crippen LogP contribution is 2.41. The van der Waals surface area contributed by atoms with Crippen molar-refractivity contribution in [2.75, 3.05) is 0 Å². The first-order valence-corrected chi connectivity index (χ1v) is 9.43. The van der Waals surface area contributed by atoms with Gasteiger partial charge in [0.2, 0.25) is 0 Å². The van der Waals surface area contributed by atoms with Gasteiger partial charge in [-0.3, -0.25) is 0 Å². The summed E-state index contributed by atoms with van der Waals surface area (Å²) in [7, 11) is 0. The standard InChI is InChI=1S/C26H26/c1-18-8-5-6-9-21(18)24-16-17-25-22(10-7-11-23(24)25)19-12-14-20(15-13-19)26(2,3)4/h5-17,24H,1-4H3. The summed E-state index contributed by atoms with van der Waals surface area (Å²) in [6.07, 6.45) is 4.65. The lowest BCUT2D eigenvalue weighted by Gasteiger charge is -2.20. The van der Waals surface area contributed by atoms with Crippen molar-refractivity contribution in [3.63, 3.8) is 0 Å². The van der Waals surface area contributed by atoms with E-state index in [1.165, 1.54) is 38.9 Å². The highest BCUT2D eigenvalue weighted by atomic mass is 14.3. The SMILES string of the molecule is Cc1ccccc1C1C=Cc2c(-c3ccc(C(C)(C)C)cc3)cccc21. The average Bonchev–Trinajstić information content (AvgIpc) is 3.05. The van der Waals surface area contributed by atoms with Crippen LogP contribution in [0.4, 0.5) is 0 Å². The maximum atomic E-state index is 2.35. The molecule has 0 aromatic heterocycles. The molecular weight excluding hydrogens is 312 g/mol. The molecule has 0 aliphatic heterocycles. The zero-order valence-corrected chi connectivity index (χ0v) is 16.1. The summed E-state index contributed by atoms with van der Waals surface area (Å²) in [4.78, 5) is 0. The van der Waals surface area contributed by atoms with Crippen LogP contribution in [0.2, 0.25) is 0 Å². The van der Waals surface area contributed by atoms with Gasteiger partial charge in [-0.1, -0.05) is 99.7 Å². The monoisotopic (exact) mass is 338 g/mol. The average molecular weight is 338 g/mol. The van der Waals surface area contributed by atoms with Crippen LogP contribution in [0.25, 0.3) is 17.2 Å². The van der Waals surface area contributed by atoms with Crippen LogP contribution in [-0.4, -0.2) is 0 Å². The fraction of sp³-hybridized carbons (Fsp3) is 0.231. The van der Waals surface area contributed by atoms with Gasteiger partial charge in [-0.15, -0.1) is 0 Å². The highest BCUT2D eigenvalue weighted by Gasteiger charge is 2.22. The molecule has 26 heavy (non-hydrogen) atoms. The van der Waals surface area contributed by atoms with Gasteiger partial charge in [0.15, 0.2) is 0 Å². The second-order valence-corrected chi connectivity index (χ2v) is 8.33. The van der Waals surface area contributed by atoms with Crippen molar-refractivity contribution in [2.45, 2.75) is 39.0 Å². The lowest BCUT2D eigenvalue weighted by atomic mass is 9.85. The van der Waals surface area contributed by atoms with E-state index in [-0.39, 0.29) is 5.41 Å². The van der Waals surface area contributed by atoms with Crippen molar-refractivity contribution < 1.29 is 0 Å². The number of fused-ring (bicyclic) bond motifs is 1. The van der Waals surface area contributed by atoms with Gasteiger partial charge in [0.1, 0.15) is 0 Å². The third-order valence-corrected chi connectivity index (χ3v) is 5.52. The predicted molar refractivity (Wildman–Crippen MR) is 113 cm³/mol. The lowest BCUT2D eigenvalue weighted by Crippen LogP contribution is -2.10. The molecule has 0 amide bonds. The fourth-order valence-corrected chi connectivity index (χ4v) is 3.94. The van der Waals surface area contributed by atoms with E-state index >= 15 is 0 Å². The predicted octanol–water partition coefficient (Wildman–Crippen LogP) is 7.12. The van der Waals surface area contributed by atoms with Gasteiger partial charge in [0.25, 0.3) is 0 Å². The first-order valence-electron chi connectivity index (χ1n) is 9.43. The Labute approximate surface area is 157 Å². The van der Waals surface area contributed by atoms with Crippen molar-refractivity contribution in [1.82, 2.24) is 0 Å². The minimum absolute atomic E-state index is 0.187. The van der Waals surface area contributed by atoms with Gasteiger partial charge in [0.05, 0.1) is 0 Å². The minimum Gasteiger partial charge on any atom is -0.0720 e. The Morgan fingerprint density at radius 3 is 2.12 bits per heavy atom. The highest BCUT2D eigenvalue weighted by molar-refractivity contribution is 5.81. The molecule has 0 fully saturated rings. The molecule has 0 radical (unpaired) electrons. The molecule has 1 aliphatic carbocycles. The lowest BCUT2D eigenvalue weighted by molar-refractivity contribution is 0.590. The van der Waals surface area contributed by atoms with Crippen molar-refractivity contribution in [1.29, 1.82) is 0 Å². The van der Waals surface area contributed by atoms with Crippen molar-refractivity contribution in [3.8, 4) is 11.1 Å². The largest absolute Gasteiger partial charge is 0.0720 e. The third-order valence-electron chi connectivity index (χ3n) is 5.52. The summed E-state index contributed by atoms with van der Waals surface area (Å²) >= 11 is 0. The minimum atomic E-state index is 0.187. The molecule has 3 aromatic carbocycles. The quantitative estimate of drug-likeness (QED) is 0.466. The van der Waals surface area contributed by atoms with Gasteiger partial charge >= 0.3 is 0 Å². The molecule has 0 N–H and O–H groups in total. The van der Waals surface area contributed by atoms with E-state index in [1.54, 1.807) is 0 Å². The Kier molecular flexibility index (Phi) is 4.07. The molecule has 0 heteroatoms. The summed E-state index contributed by atoms with van der Waals surface area (Å²) in [5.41, 5.74) is 9.73. The molecule has 0 saturated heterocycles. The Balaban J connectivity index is 1.76. The first-order chi connectivity index (χ1) is 12.4. The normalized spacial score (nSPS) is 15.9. The molecule has 1 atom stereocenters. The molecule has 0 nitrogen and oxygen atoms in total. The maximum absolute atomic E-state index is 2.35. The van der Waals surface area contributed by atoms with Gasteiger partial charge in [-0.25, -0.2) is 0 Å². The van der Waals surface area contributed by atoms with Crippen LogP contribution in [0.5, 0.6) is 0 Å². The molecule has 1 aliphatic rings. The van der Waals surface area contributed by atoms with Crippen LogP contribution in [0, 0.1) is 6.92 Å². The van der Waals surface area contributed by atoms with E-state index in [1.807, 2.05) is 0 Å². The number of aryl methyl sites for hydroxylation is 1. The molecule has 0 bridgehead atoms. The van der Waals surface area contributed by atoms with Gasteiger partial charge < -0.3 is 0 Å². The van der Waals surface area contributed by atoms with Crippen LogP contribution < -0.4 is 0 Å². The smallest absolute Gasteiger partial charge is 0.0281 e. The van der Waals surface area contributed by atoms with Gasteiger partial charge in [-0.2, -0.15) is 0 Å². The van der Waals surface area contributed by atoms with Crippen LogP contribution in [0.15, 0.2) is 72.8 Å². The molecule has 0 saturated carbocycles. The maximum Gasteiger partial charge on any atom is 0.0281 e. The molecule has 1 unspecified atom stereocenters. The van der Waals surface area contributed by atoms with E-state index in [9.17, 15) is 0 Å². The zero-order chi connectivity index (χ0) is 18.3. The molecule has 3 aromatic rings. The van der Waals surface area contributed by atoms with E-state index in [0.717, 1.165) is 0 Å². The van der Waals surface area contributed by atoms with Crippen molar-refractivity contribution in [3.05, 3.63) is 101 Å². The number of rotatable bonds is 2. The zero-order valence-electron chi connectivity index (χ0n) is 16.1. The topological polar surface area (TPSA) is 0 Å². The van der Waals surface area contributed by atoms with Crippen LogP contribution in [-0.2, 0) is 5.41 Å². The van der Waals surface area contributed by atoms with Crippen LogP contribution >= 0.6 is 0 Å². The first kappa shape index (κ1) is 16.8. The molecular formula is C26H26. The van der Waals surface area contributed by atoms with Crippen molar-refractivity contribution >= 4 is 6.08 Å². The second-order valence-electron chi connectivity index (χ2n) is 8.33. The summed E-state index contributed by atoms with van der Waals surface area (Å²) in [5.74, 6) is 0.361. The Bertz CT molecular complexity index is 966.